The van der Waals surface area contributed by atoms with E-state index >= 15 is 0 Å². The first kappa shape index (κ1) is 16.2. The maximum atomic E-state index is 11.6. The molecule has 0 spiro atoms. The number of ether oxygens (including phenoxy) is 1. The van der Waals surface area contributed by atoms with Crippen molar-refractivity contribution in [3.8, 4) is 0 Å². The number of carbonyl (C=O) groups excluding carboxylic acids is 1. The molecule has 116 valence electrons. The summed E-state index contributed by atoms with van der Waals surface area (Å²) in [6, 6.07) is 9.79. The van der Waals surface area contributed by atoms with Crippen LogP contribution in [0.5, 0.6) is 0 Å². The van der Waals surface area contributed by atoms with Crippen LogP contribution in [-0.2, 0) is 16.0 Å². The van der Waals surface area contributed by atoms with E-state index in [-0.39, 0.29) is 0 Å². The molecule has 1 aliphatic rings. The molecule has 2 unspecified atom stereocenters. The quantitative estimate of drug-likeness (QED) is 0.644. The van der Waals surface area contributed by atoms with Gasteiger partial charge in [0.15, 0.2) is 0 Å². The fourth-order valence-corrected chi connectivity index (χ4v) is 2.01. The molecule has 2 N–H and O–H groups in total. The summed E-state index contributed by atoms with van der Waals surface area (Å²) in [5, 5.41) is 19.5. The molecule has 0 aliphatic heterocycles. The van der Waals surface area contributed by atoms with E-state index in [1.165, 1.54) is 25.2 Å². The molecule has 0 saturated heterocycles. The van der Waals surface area contributed by atoms with Gasteiger partial charge in [0.25, 0.3) is 0 Å². The number of allylic oxidation sites excluding steroid dienone is 3. The Balaban J connectivity index is 1.79. The molecule has 0 fully saturated rings. The number of carbonyl (C=O) groups is 1. The van der Waals surface area contributed by atoms with E-state index in [0.29, 0.717) is 18.6 Å². The maximum Gasteiger partial charge on any atom is 0.330 e. The maximum absolute atomic E-state index is 11.6. The fourth-order valence-electron chi connectivity index (χ4n) is 2.01. The van der Waals surface area contributed by atoms with E-state index in [1.807, 2.05) is 30.3 Å². The zero-order valence-corrected chi connectivity index (χ0v) is 12.5. The SMILES string of the molecule is CC1(O)C=CC(/C=C/C(=O)OCCc2ccccc2)=CC1O. The second kappa shape index (κ2) is 7.20. The smallest absolute Gasteiger partial charge is 0.330 e. The van der Waals surface area contributed by atoms with Crippen molar-refractivity contribution in [1.29, 1.82) is 0 Å². The van der Waals surface area contributed by atoms with Crippen LogP contribution in [0.25, 0.3) is 0 Å². The summed E-state index contributed by atoms with van der Waals surface area (Å²) in [7, 11) is 0. The monoisotopic (exact) mass is 300 g/mol. The minimum Gasteiger partial charge on any atom is -0.462 e. The van der Waals surface area contributed by atoms with Gasteiger partial charge in [0.2, 0.25) is 0 Å². The summed E-state index contributed by atoms with van der Waals surface area (Å²) < 4.78 is 5.12. The van der Waals surface area contributed by atoms with Gasteiger partial charge in [-0.1, -0.05) is 36.4 Å². The van der Waals surface area contributed by atoms with Gasteiger partial charge in [-0.25, -0.2) is 4.79 Å². The van der Waals surface area contributed by atoms with Crippen LogP contribution < -0.4 is 0 Å². The third kappa shape index (κ3) is 4.69. The van der Waals surface area contributed by atoms with Crippen molar-refractivity contribution in [3.05, 3.63) is 71.8 Å². The summed E-state index contributed by atoms with van der Waals surface area (Å²) in [5.74, 6) is -0.433. The second-order valence-corrected chi connectivity index (χ2v) is 5.41. The van der Waals surface area contributed by atoms with E-state index in [2.05, 4.69) is 0 Å². The van der Waals surface area contributed by atoms with Crippen molar-refractivity contribution in [1.82, 2.24) is 0 Å². The third-order valence-corrected chi connectivity index (χ3v) is 3.45. The molecule has 1 aromatic carbocycles. The second-order valence-electron chi connectivity index (χ2n) is 5.41. The Hall–Kier alpha value is -2.17. The average Bonchev–Trinajstić information content (AvgIpc) is 2.50. The molecule has 0 aromatic heterocycles. The van der Waals surface area contributed by atoms with Gasteiger partial charge in [0.1, 0.15) is 11.7 Å². The lowest BCUT2D eigenvalue weighted by Gasteiger charge is -2.26. The normalized spacial score (nSPS) is 24.3. The molecule has 2 atom stereocenters. The van der Waals surface area contributed by atoms with Crippen molar-refractivity contribution in [2.24, 2.45) is 0 Å². The first-order chi connectivity index (χ1) is 10.5. The Morgan fingerprint density at radius 3 is 2.77 bits per heavy atom. The van der Waals surface area contributed by atoms with E-state index in [0.717, 1.165) is 5.56 Å². The summed E-state index contributed by atoms with van der Waals surface area (Å²) >= 11 is 0. The largest absolute Gasteiger partial charge is 0.462 e. The Morgan fingerprint density at radius 1 is 1.36 bits per heavy atom. The van der Waals surface area contributed by atoms with E-state index in [1.54, 1.807) is 12.2 Å². The molecule has 1 aliphatic carbocycles. The van der Waals surface area contributed by atoms with Crippen LogP contribution in [0.1, 0.15) is 12.5 Å². The number of rotatable bonds is 5. The number of hydrogen-bond donors (Lipinski definition) is 2. The number of hydrogen-bond acceptors (Lipinski definition) is 4. The first-order valence-corrected chi connectivity index (χ1v) is 7.18. The van der Waals surface area contributed by atoms with Crippen LogP contribution in [0.3, 0.4) is 0 Å². The highest BCUT2D eigenvalue weighted by Gasteiger charge is 2.27. The highest BCUT2D eigenvalue weighted by atomic mass is 16.5. The van der Waals surface area contributed by atoms with E-state index < -0.39 is 17.7 Å². The van der Waals surface area contributed by atoms with Crippen LogP contribution >= 0.6 is 0 Å². The van der Waals surface area contributed by atoms with Crippen molar-refractivity contribution in [2.75, 3.05) is 6.61 Å². The molecule has 22 heavy (non-hydrogen) atoms. The van der Waals surface area contributed by atoms with E-state index in [9.17, 15) is 15.0 Å². The van der Waals surface area contributed by atoms with Gasteiger partial charge in [-0.3, -0.25) is 0 Å². The van der Waals surface area contributed by atoms with Gasteiger partial charge in [-0.05, 0) is 36.3 Å². The van der Waals surface area contributed by atoms with Gasteiger partial charge in [0.05, 0.1) is 6.61 Å². The van der Waals surface area contributed by atoms with Gasteiger partial charge >= 0.3 is 5.97 Å². The third-order valence-electron chi connectivity index (χ3n) is 3.45. The Labute approximate surface area is 130 Å². The minimum absolute atomic E-state index is 0.319. The van der Waals surface area contributed by atoms with Gasteiger partial charge in [-0.15, -0.1) is 0 Å². The Kier molecular flexibility index (Phi) is 5.31. The lowest BCUT2D eigenvalue weighted by Crippen LogP contribution is -2.37. The Morgan fingerprint density at radius 2 is 2.09 bits per heavy atom. The molecule has 1 aromatic rings. The summed E-state index contributed by atoms with van der Waals surface area (Å²) in [5.41, 5.74) is 0.495. The summed E-state index contributed by atoms with van der Waals surface area (Å²) in [6.07, 6.45) is 7.19. The standard InChI is InChI=1S/C18H20O4/c1-18(21)11-9-15(13-16(18)19)7-8-17(20)22-12-10-14-5-3-2-4-6-14/h2-9,11,13,16,19,21H,10,12H2,1H3/b8-7+. The molecule has 0 saturated carbocycles. The summed E-state index contributed by atoms with van der Waals surface area (Å²) in [6.45, 7) is 1.84. The lowest BCUT2D eigenvalue weighted by molar-refractivity contribution is -0.137. The van der Waals surface area contributed by atoms with Crippen LogP contribution in [-0.4, -0.2) is 34.5 Å². The minimum atomic E-state index is -1.27. The van der Waals surface area contributed by atoms with Gasteiger partial charge < -0.3 is 14.9 Å². The topological polar surface area (TPSA) is 66.8 Å². The average molecular weight is 300 g/mol. The van der Waals surface area contributed by atoms with Crippen molar-refractivity contribution in [3.63, 3.8) is 0 Å². The van der Waals surface area contributed by atoms with Crippen LogP contribution in [0.4, 0.5) is 0 Å². The van der Waals surface area contributed by atoms with Crippen LogP contribution in [0.15, 0.2) is 66.3 Å². The zero-order chi connectivity index (χ0) is 16.0. The number of aliphatic hydroxyl groups excluding tert-OH is 1. The zero-order valence-electron chi connectivity index (χ0n) is 12.5. The van der Waals surface area contributed by atoms with Crippen LogP contribution in [0, 0.1) is 0 Å². The van der Waals surface area contributed by atoms with Gasteiger partial charge in [-0.2, -0.15) is 0 Å². The van der Waals surface area contributed by atoms with Crippen LogP contribution in [0.2, 0.25) is 0 Å². The highest BCUT2D eigenvalue weighted by Crippen LogP contribution is 2.21. The molecule has 0 radical (unpaired) electrons. The predicted molar refractivity (Wildman–Crippen MR) is 84.1 cm³/mol. The molecule has 0 heterocycles. The van der Waals surface area contributed by atoms with Crippen molar-refractivity contribution in [2.45, 2.75) is 25.0 Å². The van der Waals surface area contributed by atoms with Crippen molar-refractivity contribution >= 4 is 5.97 Å². The number of esters is 1. The van der Waals surface area contributed by atoms with Crippen molar-refractivity contribution < 1.29 is 19.7 Å². The fraction of sp³-hybridized carbons (Fsp3) is 0.278. The summed E-state index contributed by atoms with van der Waals surface area (Å²) in [4.78, 5) is 11.6. The first-order valence-electron chi connectivity index (χ1n) is 7.18. The number of benzene rings is 1. The molecule has 0 bridgehead atoms. The molecule has 4 nitrogen and oxygen atoms in total. The highest BCUT2D eigenvalue weighted by molar-refractivity contribution is 5.82. The molecule has 2 rings (SSSR count). The lowest BCUT2D eigenvalue weighted by atomic mass is 9.91. The van der Waals surface area contributed by atoms with E-state index in [4.69, 9.17) is 4.74 Å². The molecule has 0 amide bonds. The molecular weight excluding hydrogens is 280 g/mol. The number of aliphatic hydroxyl groups is 2. The van der Waals surface area contributed by atoms with Gasteiger partial charge in [0, 0.05) is 12.5 Å². The molecule has 4 heteroatoms. The molecular formula is C18H20O4. The Bertz CT molecular complexity index is 597. The predicted octanol–water partition coefficient (Wildman–Crippen LogP) is 1.94.